The van der Waals surface area contributed by atoms with Gasteiger partial charge in [0.2, 0.25) is 15.0 Å². The van der Waals surface area contributed by atoms with Crippen molar-refractivity contribution < 1.29 is 13.2 Å². The normalized spacial score (nSPS) is 19.5. The number of hydrogen-bond acceptors (Lipinski definition) is 6. The van der Waals surface area contributed by atoms with E-state index in [4.69, 9.17) is 15.9 Å². The van der Waals surface area contributed by atoms with E-state index in [0.29, 0.717) is 5.82 Å². The van der Waals surface area contributed by atoms with E-state index in [-0.39, 0.29) is 24.3 Å². The maximum atomic E-state index is 11.8. The standard InChI is InChI=1S/C10H9ClN4O3S/c1-6-13-4-7(3-12)10(14-6)15-5-8(2-9(15)16)19(11,17)18/h4,8H,2,5H2,1H3. The van der Waals surface area contributed by atoms with Gasteiger partial charge in [-0.05, 0) is 6.92 Å². The predicted octanol–water partition coefficient (Wildman–Crippen LogP) is 0.331. The molecule has 7 nitrogen and oxygen atoms in total. The van der Waals surface area contributed by atoms with Crippen molar-refractivity contribution in [1.82, 2.24) is 9.97 Å². The monoisotopic (exact) mass is 300 g/mol. The number of nitrogens with zero attached hydrogens (tertiary/aromatic N) is 4. The van der Waals surface area contributed by atoms with Crippen molar-refractivity contribution in [2.75, 3.05) is 11.4 Å². The second-order valence-electron chi connectivity index (χ2n) is 4.07. The minimum absolute atomic E-state index is 0.101. The molecular formula is C10H9ClN4O3S. The molecule has 100 valence electrons. The van der Waals surface area contributed by atoms with Crippen LogP contribution >= 0.6 is 10.7 Å². The van der Waals surface area contributed by atoms with Crippen molar-refractivity contribution in [3.8, 4) is 6.07 Å². The predicted molar refractivity (Wildman–Crippen MR) is 67.0 cm³/mol. The molecule has 1 fully saturated rings. The van der Waals surface area contributed by atoms with E-state index in [1.165, 1.54) is 6.20 Å². The quantitative estimate of drug-likeness (QED) is 0.729. The van der Waals surface area contributed by atoms with Crippen molar-refractivity contribution in [3.63, 3.8) is 0 Å². The molecule has 2 heterocycles. The summed E-state index contributed by atoms with van der Waals surface area (Å²) in [7, 11) is 1.44. The number of carbonyl (C=O) groups is 1. The van der Waals surface area contributed by atoms with Crippen LogP contribution in [-0.2, 0) is 13.8 Å². The van der Waals surface area contributed by atoms with Crippen LogP contribution in [0.1, 0.15) is 17.8 Å². The summed E-state index contributed by atoms with van der Waals surface area (Å²) < 4.78 is 22.5. The van der Waals surface area contributed by atoms with Gasteiger partial charge in [0, 0.05) is 23.6 Å². The van der Waals surface area contributed by atoms with Crippen molar-refractivity contribution in [3.05, 3.63) is 17.6 Å². The van der Waals surface area contributed by atoms with E-state index in [0.717, 1.165) is 4.90 Å². The molecule has 0 bridgehead atoms. The summed E-state index contributed by atoms with van der Waals surface area (Å²) in [5.74, 6) is 0.0885. The van der Waals surface area contributed by atoms with Gasteiger partial charge in [0.05, 0.1) is 6.20 Å². The zero-order valence-electron chi connectivity index (χ0n) is 9.87. The van der Waals surface area contributed by atoms with Crippen LogP contribution in [-0.4, -0.2) is 36.1 Å². The number of halogens is 1. The summed E-state index contributed by atoms with van der Waals surface area (Å²) in [4.78, 5) is 20.9. The van der Waals surface area contributed by atoms with Crippen molar-refractivity contribution >= 4 is 31.5 Å². The molecule has 1 aliphatic rings. The number of hydrogen-bond donors (Lipinski definition) is 0. The van der Waals surface area contributed by atoms with E-state index in [2.05, 4.69) is 9.97 Å². The fourth-order valence-corrected chi connectivity index (χ4v) is 2.84. The van der Waals surface area contributed by atoms with Gasteiger partial charge in [-0.2, -0.15) is 5.26 Å². The Labute approximate surface area is 114 Å². The minimum atomic E-state index is -3.82. The fourth-order valence-electron chi connectivity index (χ4n) is 1.81. The lowest BCUT2D eigenvalue weighted by Crippen LogP contribution is -2.28. The minimum Gasteiger partial charge on any atom is -0.294 e. The van der Waals surface area contributed by atoms with Crippen LogP contribution in [0.2, 0.25) is 0 Å². The first kappa shape index (κ1) is 13.7. The molecule has 1 atom stereocenters. The third kappa shape index (κ3) is 2.67. The molecule has 1 saturated heterocycles. The highest BCUT2D eigenvalue weighted by Crippen LogP contribution is 2.27. The van der Waals surface area contributed by atoms with Crippen LogP contribution in [0.5, 0.6) is 0 Å². The molecule has 1 unspecified atom stereocenters. The van der Waals surface area contributed by atoms with Crippen LogP contribution in [0, 0.1) is 18.3 Å². The topological polar surface area (TPSA) is 104 Å². The number of amides is 1. The average Bonchev–Trinajstić information content (AvgIpc) is 2.71. The maximum absolute atomic E-state index is 11.8. The second kappa shape index (κ2) is 4.75. The molecule has 1 amide bonds. The van der Waals surface area contributed by atoms with Gasteiger partial charge in [-0.3, -0.25) is 9.69 Å². The summed E-state index contributed by atoms with van der Waals surface area (Å²) in [5.41, 5.74) is 0.117. The van der Waals surface area contributed by atoms with Gasteiger partial charge in [0.15, 0.2) is 5.82 Å². The summed E-state index contributed by atoms with van der Waals surface area (Å²) in [5, 5.41) is 7.99. The van der Waals surface area contributed by atoms with Crippen LogP contribution in [0.3, 0.4) is 0 Å². The molecule has 1 aliphatic heterocycles. The molecule has 0 aliphatic carbocycles. The van der Waals surface area contributed by atoms with Crippen LogP contribution in [0.25, 0.3) is 0 Å². The third-order valence-corrected chi connectivity index (χ3v) is 4.62. The Kier molecular flexibility index (Phi) is 3.43. The Morgan fingerprint density at radius 3 is 2.79 bits per heavy atom. The number of aromatic nitrogens is 2. The molecular weight excluding hydrogens is 292 g/mol. The summed E-state index contributed by atoms with van der Waals surface area (Å²) >= 11 is 0. The van der Waals surface area contributed by atoms with Gasteiger partial charge in [-0.25, -0.2) is 18.4 Å². The molecule has 0 spiro atoms. The molecule has 0 radical (unpaired) electrons. The first-order chi connectivity index (χ1) is 8.82. The van der Waals surface area contributed by atoms with E-state index < -0.39 is 20.2 Å². The lowest BCUT2D eigenvalue weighted by atomic mass is 10.3. The number of anilines is 1. The lowest BCUT2D eigenvalue weighted by molar-refractivity contribution is -0.117. The maximum Gasteiger partial charge on any atom is 0.237 e. The SMILES string of the molecule is Cc1ncc(C#N)c(N2CC(S(=O)(=O)Cl)CC2=O)n1. The first-order valence-electron chi connectivity index (χ1n) is 5.30. The van der Waals surface area contributed by atoms with E-state index in [1.807, 2.05) is 6.07 Å². The molecule has 1 aromatic rings. The first-order valence-corrected chi connectivity index (χ1v) is 7.67. The second-order valence-corrected chi connectivity index (χ2v) is 6.98. The van der Waals surface area contributed by atoms with Crippen LogP contribution in [0.15, 0.2) is 6.20 Å². The van der Waals surface area contributed by atoms with E-state index in [9.17, 15) is 13.2 Å². The highest BCUT2D eigenvalue weighted by Gasteiger charge is 2.39. The number of aryl methyl sites for hydroxylation is 1. The molecule has 1 aromatic heterocycles. The Hall–Kier alpha value is -1.72. The summed E-state index contributed by atoms with van der Waals surface area (Å²) in [6.07, 6.45) is 1.09. The summed E-state index contributed by atoms with van der Waals surface area (Å²) in [6.45, 7) is 1.51. The molecule has 2 rings (SSSR count). The highest BCUT2D eigenvalue weighted by atomic mass is 35.7. The van der Waals surface area contributed by atoms with Gasteiger partial charge in [0.25, 0.3) is 0 Å². The molecule has 0 N–H and O–H groups in total. The Morgan fingerprint density at radius 2 is 2.26 bits per heavy atom. The van der Waals surface area contributed by atoms with Crippen molar-refractivity contribution in [2.45, 2.75) is 18.6 Å². The van der Waals surface area contributed by atoms with Gasteiger partial charge in [0.1, 0.15) is 22.7 Å². The fraction of sp³-hybridized carbons (Fsp3) is 0.400. The number of rotatable bonds is 2. The van der Waals surface area contributed by atoms with Crippen molar-refractivity contribution in [1.29, 1.82) is 5.26 Å². The van der Waals surface area contributed by atoms with Gasteiger partial charge >= 0.3 is 0 Å². The van der Waals surface area contributed by atoms with E-state index in [1.54, 1.807) is 6.92 Å². The number of nitriles is 1. The summed E-state index contributed by atoms with van der Waals surface area (Å²) in [6, 6.07) is 1.87. The Balaban J connectivity index is 2.42. The smallest absolute Gasteiger partial charge is 0.237 e. The molecule has 19 heavy (non-hydrogen) atoms. The lowest BCUT2D eigenvalue weighted by Gasteiger charge is -2.16. The van der Waals surface area contributed by atoms with Gasteiger partial charge in [-0.15, -0.1) is 0 Å². The zero-order chi connectivity index (χ0) is 14.2. The average molecular weight is 301 g/mol. The third-order valence-electron chi connectivity index (χ3n) is 2.75. The van der Waals surface area contributed by atoms with Gasteiger partial charge in [-0.1, -0.05) is 0 Å². The molecule has 0 saturated carbocycles. The van der Waals surface area contributed by atoms with Crippen LogP contribution < -0.4 is 4.90 Å². The highest BCUT2D eigenvalue weighted by molar-refractivity contribution is 8.14. The Bertz CT molecular complexity index is 683. The van der Waals surface area contributed by atoms with E-state index >= 15 is 0 Å². The molecule has 0 aromatic carbocycles. The van der Waals surface area contributed by atoms with Crippen LogP contribution in [0.4, 0.5) is 5.82 Å². The molecule has 9 heteroatoms. The Morgan fingerprint density at radius 1 is 1.58 bits per heavy atom. The van der Waals surface area contributed by atoms with Crippen molar-refractivity contribution in [2.24, 2.45) is 0 Å². The van der Waals surface area contributed by atoms with Gasteiger partial charge < -0.3 is 0 Å². The number of carbonyl (C=O) groups excluding carboxylic acids is 1. The zero-order valence-corrected chi connectivity index (χ0v) is 11.4. The largest absolute Gasteiger partial charge is 0.294 e.